The lowest BCUT2D eigenvalue weighted by Crippen LogP contribution is -2.39. The van der Waals surface area contributed by atoms with Crippen molar-refractivity contribution in [1.82, 2.24) is 5.32 Å². The largest absolute Gasteiger partial charge is 0.374 e. The number of nitrogens with one attached hydrogen (secondary N) is 2. The lowest BCUT2D eigenvalue weighted by Gasteiger charge is -2.18. The molecule has 18 heavy (non-hydrogen) atoms. The summed E-state index contributed by atoms with van der Waals surface area (Å²) in [5, 5.41) is 6.08. The third-order valence-corrected chi connectivity index (χ3v) is 4.10. The van der Waals surface area contributed by atoms with E-state index in [0.717, 1.165) is 14.6 Å². The zero-order chi connectivity index (χ0) is 13.7. The van der Waals surface area contributed by atoms with Crippen LogP contribution in [0.3, 0.4) is 0 Å². The lowest BCUT2D eigenvalue weighted by atomic mass is 10.1. The summed E-state index contributed by atoms with van der Waals surface area (Å²) in [6.45, 7) is 6.45. The van der Waals surface area contributed by atoms with Crippen molar-refractivity contribution in [3.8, 4) is 0 Å². The maximum absolute atomic E-state index is 11.7. The molecule has 0 bridgehead atoms. The minimum Gasteiger partial charge on any atom is -0.374 e. The normalized spacial score (nSPS) is 12.3. The summed E-state index contributed by atoms with van der Waals surface area (Å²) in [5.41, 5.74) is 0.893. The van der Waals surface area contributed by atoms with Crippen LogP contribution in [-0.2, 0) is 4.79 Å². The van der Waals surface area contributed by atoms with Gasteiger partial charge in [-0.25, -0.2) is 0 Å². The van der Waals surface area contributed by atoms with E-state index in [-0.39, 0.29) is 18.5 Å². The highest BCUT2D eigenvalue weighted by atomic mass is 79.9. The zero-order valence-corrected chi connectivity index (χ0v) is 13.9. The number of rotatable bonds is 5. The van der Waals surface area contributed by atoms with Crippen LogP contribution in [-0.4, -0.2) is 18.5 Å². The summed E-state index contributed by atoms with van der Waals surface area (Å²) >= 11 is 6.89. The highest BCUT2D eigenvalue weighted by Gasteiger charge is 2.11. The Morgan fingerprint density at radius 1 is 1.22 bits per heavy atom. The van der Waals surface area contributed by atoms with Gasteiger partial charge in [0.15, 0.2) is 0 Å². The van der Waals surface area contributed by atoms with Gasteiger partial charge in [-0.3, -0.25) is 4.79 Å². The van der Waals surface area contributed by atoms with Gasteiger partial charge < -0.3 is 10.6 Å². The molecule has 2 N–H and O–H groups in total. The Morgan fingerprint density at radius 2 is 1.78 bits per heavy atom. The molecule has 0 aromatic heterocycles. The molecule has 5 heteroatoms. The maximum Gasteiger partial charge on any atom is 0.239 e. The molecule has 0 fully saturated rings. The fourth-order valence-corrected chi connectivity index (χ4v) is 2.59. The molecule has 0 aliphatic carbocycles. The number of halogens is 2. The molecule has 0 saturated heterocycles. The summed E-state index contributed by atoms with van der Waals surface area (Å²) in [4.78, 5) is 11.7. The standard InChI is InChI=1S/C13H18Br2N2O/c1-8(2)9(3)17-12(18)7-16-13-10(14)5-4-6-11(13)15/h4-6,8-9,16H,7H2,1-3H3,(H,17,18). The number of para-hydroxylation sites is 1. The summed E-state index contributed by atoms with van der Waals surface area (Å²) in [7, 11) is 0. The fraction of sp³-hybridized carbons (Fsp3) is 0.462. The minimum atomic E-state index is -0.00106. The molecule has 1 atom stereocenters. The molecule has 1 aromatic carbocycles. The summed E-state index contributed by atoms with van der Waals surface area (Å²) in [6, 6.07) is 5.98. The van der Waals surface area contributed by atoms with Crippen molar-refractivity contribution in [2.75, 3.05) is 11.9 Å². The molecular weight excluding hydrogens is 360 g/mol. The second-order valence-corrected chi connectivity index (χ2v) is 6.26. The second-order valence-electron chi connectivity index (χ2n) is 4.55. The molecule has 0 heterocycles. The van der Waals surface area contributed by atoms with Crippen LogP contribution in [0, 0.1) is 5.92 Å². The van der Waals surface area contributed by atoms with Crippen LogP contribution in [0.5, 0.6) is 0 Å². The smallest absolute Gasteiger partial charge is 0.239 e. The van der Waals surface area contributed by atoms with E-state index in [1.54, 1.807) is 0 Å². The van der Waals surface area contributed by atoms with Crippen molar-refractivity contribution < 1.29 is 4.79 Å². The Labute approximate surface area is 125 Å². The average Bonchev–Trinajstić information content (AvgIpc) is 2.28. The molecule has 1 rings (SSSR count). The summed E-state index contributed by atoms with van der Waals surface area (Å²) < 4.78 is 1.86. The molecule has 0 aliphatic heterocycles. The number of anilines is 1. The van der Waals surface area contributed by atoms with Crippen molar-refractivity contribution in [2.45, 2.75) is 26.8 Å². The van der Waals surface area contributed by atoms with Crippen LogP contribution in [0.2, 0.25) is 0 Å². The van der Waals surface area contributed by atoms with E-state index in [9.17, 15) is 4.79 Å². The third-order valence-electron chi connectivity index (χ3n) is 2.78. The first-order valence-electron chi connectivity index (χ1n) is 5.89. The Morgan fingerprint density at radius 3 is 2.28 bits per heavy atom. The summed E-state index contributed by atoms with van der Waals surface area (Å²) in [6.07, 6.45) is 0. The number of hydrogen-bond donors (Lipinski definition) is 2. The summed E-state index contributed by atoms with van der Waals surface area (Å²) in [5.74, 6) is 0.433. The number of hydrogen-bond acceptors (Lipinski definition) is 2. The van der Waals surface area contributed by atoms with E-state index in [4.69, 9.17) is 0 Å². The van der Waals surface area contributed by atoms with Gasteiger partial charge >= 0.3 is 0 Å². The van der Waals surface area contributed by atoms with Gasteiger partial charge in [-0.05, 0) is 56.8 Å². The fourth-order valence-electron chi connectivity index (χ4n) is 1.31. The van der Waals surface area contributed by atoms with E-state index in [1.807, 2.05) is 25.1 Å². The van der Waals surface area contributed by atoms with Gasteiger partial charge in [0, 0.05) is 15.0 Å². The molecule has 1 aromatic rings. The van der Waals surface area contributed by atoms with Crippen molar-refractivity contribution >= 4 is 43.5 Å². The average molecular weight is 378 g/mol. The lowest BCUT2D eigenvalue weighted by molar-refractivity contribution is -0.120. The molecule has 3 nitrogen and oxygen atoms in total. The molecule has 0 saturated carbocycles. The van der Waals surface area contributed by atoms with Crippen molar-refractivity contribution in [1.29, 1.82) is 0 Å². The van der Waals surface area contributed by atoms with E-state index in [2.05, 4.69) is 56.3 Å². The van der Waals surface area contributed by atoms with Crippen LogP contribution in [0.1, 0.15) is 20.8 Å². The molecular formula is C13H18Br2N2O. The Balaban J connectivity index is 2.53. The van der Waals surface area contributed by atoms with Gasteiger partial charge in [0.05, 0.1) is 12.2 Å². The Hall–Kier alpha value is -0.550. The van der Waals surface area contributed by atoms with Gasteiger partial charge in [-0.15, -0.1) is 0 Å². The van der Waals surface area contributed by atoms with Gasteiger partial charge in [0.2, 0.25) is 5.91 Å². The van der Waals surface area contributed by atoms with Crippen LogP contribution < -0.4 is 10.6 Å². The second kappa shape index (κ2) is 7.14. The number of benzene rings is 1. The Bertz CT molecular complexity index is 401. The predicted molar refractivity (Wildman–Crippen MR) is 82.8 cm³/mol. The highest BCUT2D eigenvalue weighted by molar-refractivity contribution is 9.11. The van der Waals surface area contributed by atoms with E-state index < -0.39 is 0 Å². The van der Waals surface area contributed by atoms with Crippen molar-refractivity contribution in [2.24, 2.45) is 5.92 Å². The van der Waals surface area contributed by atoms with Gasteiger partial charge in [0.1, 0.15) is 0 Å². The quantitative estimate of drug-likeness (QED) is 0.819. The molecule has 1 amide bonds. The number of carbonyl (C=O) groups is 1. The van der Waals surface area contributed by atoms with Gasteiger partial charge in [0.25, 0.3) is 0 Å². The van der Waals surface area contributed by atoms with Gasteiger partial charge in [-0.2, -0.15) is 0 Å². The van der Waals surface area contributed by atoms with Crippen molar-refractivity contribution in [3.63, 3.8) is 0 Å². The predicted octanol–water partition coefficient (Wildman–Crippen LogP) is 3.78. The maximum atomic E-state index is 11.7. The van der Waals surface area contributed by atoms with Crippen molar-refractivity contribution in [3.05, 3.63) is 27.1 Å². The monoisotopic (exact) mass is 376 g/mol. The molecule has 0 spiro atoms. The third kappa shape index (κ3) is 4.61. The molecule has 100 valence electrons. The van der Waals surface area contributed by atoms with E-state index in [1.165, 1.54) is 0 Å². The molecule has 0 radical (unpaired) electrons. The van der Waals surface area contributed by atoms with Crippen LogP contribution >= 0.6 is 31.9 Å². The number of carbonyl (C=O) groups excluding carboxylic acids is 1. The van der Waals surface area contributed by atoms with Crippen LogP contribution in [0.25, 0.3) is 0 Å². The van der Waals surface area contributed by atoms with Crippen LogP contribution in [0.15, 0.2) is 27.1 Å². The van der Waals surface area contributed by atoms with Gasteiger partial charge in [-0.1, -0.05) is 19.9 Å². The highest BCUT2D eigenvalue weighted by Crippen LogP contribution is 2.30. The molecule has 1 unspecified atom stereocenters. The Kier molecular flexibility index (Phi) is 6.15. The van der Waals surface area contributed by atoms with Crippen LogP contribution in [0.4, 0.5) is 5.69 Å². The van der Waals surface area contributed by atoms with E-state index >= 15 is 0 Å². The first-order valence-corrected chi connectivity index (χ1v) is 7.47. The first-order chi connectivity index (χ1) is 8.41. The first kappa shape index (κ1) is 15.5. The molecule has 0 aliphatic rings. The number of amides is 1. The SMILES string of the molecule is CC(C)C(C)NC(=O)CNc1c(Br)cccc1Br. The zero-order valence-electron chi connectivity index (χ0n) is 10.8. The topological polar surface area (TPSA) is 41.1 Å². The minimum absolute atomic E-state index is 0.00106. The van der Waals surface area contributed by atoms with E-state index in [0.29, 0.717) is 5.92 Å².